The Morgan fingerprint density at radius 1 is 0.532 bits per heavy atom. The molecule has 11 heteroatoms. The van der Waals surface area contributed by atoms with Gasteiger partial charge in [-0.05, 0) is 105 Å². The first-order chi connectivity index (χ1) is 38.6. The lowest BCUT2D eigenvalue weighted by molar-refractivity contribution is -0.143. The smallest absolute Gasteiger partial charge is 0.328 e. The van der Waals surface area contributed by atoms with Gasteiger partial charge in [0.05, 0.1) is 7.11 Å². The second kappa shape index (κ2) is 32.2. The quantitative estimate of drug-likeness (QED) is 0.0292. The van der Waals surface area contributed by atoms with Crippen molar-refractivity contribution in [2.24, 2.45) is 0 Å². The topological polar surface area (TPSA) is 152 Å². The van der Waals surface area contributed by atoms with Crippen molar-refractivity contribution >= 4 is 23.5 Å². The molecule has 0 bridgehead atoms. The molecule has 0 saturated heterocycles. The van der Waals surface area contributed by atoms with E-state index in [1.165, 1.54) is 77.4 Å². The fraction of sp³-hybridized carbons (Fsp3) is 0.353. The van der Waals surface area contributed by atoms with Crippen molar-refractivity contribution in [1.82, 2.24) is 16.0 Å². The number of benzene rings is 6. The molecular weight excluding hydrogens is 987 g/mol. The first-order valence-electron chi connectivity index (χ1n) is 28.3. The van der Waals surface area contributed by atoms with Gasteiger partial charge in [-0.3, -0.25) is 9.59 Å². The predicted molar refractivity (Wildman–Crippen MR) is 313 cm³/mol. The standard InChI is InChI=1S/C29H29NO4.C27H27NO4.C12H23N/c31-28(23-11-5-2-6-12-23)25-13-7-8-14-26(25)30-27(29(32)33)19-21-15-17-24(18-16-21)34-20-22-9-3-1-4-10-22;1-20(17-26(29)23-11-7-4-8-12-23)28-25(27(30)31-2)18-21-13-15-24(16-14-21)32-19-22-9-5-3-6-10-22;1-3-7-11(8-4-1)13-12-9-5-2-6-10-12/h1-6,9-12,15-18,27,30H,7-8,13-14,19-20H2,(H,32,33);3-17,25,28H,18-19H2,1-2H3;11-13H,1-10H2/b;20-17-;. The Kier molecular flexibility index (Phi) is 24.0. The lowest BCUT2D eigenvalue weighted by Gasteiger charge is -2.30. The van der Waals surface area contributed by atoms with Gasteiger partial charge in [0.15, 0.2) is 11.6 Å². The van der Waals surface area contributed by atoms with Gasteiger partial charge in [0.1, 0.15) is 36.8 Å². The van der Waals surface area contributed by atoms with Crippen molar-refractivity contribution in [2.45, 2.75) is 147 Å². The summed E-state index contributed by atoms with van der Waals surface area (Å²) >= 11 is 0. The van der Waals surface area contributed by atoms with Crippen molar-refractivity contribution in [3.63, 3.8) is 0 Å². The highest BCUT2D eigenvalue weighted by Gasteiger charge is 2.26. The number of aliphatic carboxylic acids is 1. The second-order valence-electron chi connectivity index (χ2n) is 20.8. The van der Waals surface area contributed by atoms with E-state index in [1.807, 2.05) is 146 Å². The van der Waals surface area contributed by atoms with Gasteiger partial charge in [-0.25, -0.2) is 9.59 Å². The maximum atomic E-state index is 13.1. The molecular formula is C68H79N3O8. The molecule has 4 N–H and O–H groups in total. The second-order valence-corrected chi connectivity index (χ2v) is 20.8. The summed E-state index contributed by atoms with van der Waals surface area (Å²) < 4.78 is 16.6. The van der Waals surface area contributed by atoms with Crippen molar-refractivity contribution in [2.75, 3.05) is 7.11 Å². The molecule has 0 aliphatic heterocycles. The van der Waals surface area contributed by atoms with Gasteiger partial charge in [0.25, 0.3) is 0 Å². The van der Waals surface area contributed by atoms with Crippen LogP contribution in [0.15, 0.2) is 193 Å². The van der Waals surface area contributed by atoms with Crippen LogP contribution in [0.1, 0.15) is 140 Å². The Bertz CT molecular complexity index is 2830. The fourth-order valence-electron chi connectivity index (χ4n) is 10.3. The number of allylic oxidation sites excluding steroid dienone is 4. The van der Waals surface area contributed by atoms with Crippen LogP contribution in [-0.4, -0.2) is 59.9 Å². The Morgan fingerprint density at radius 3 is 1.44 bits per heavy atom. The summed E-state index contributed by atoms with van der Waals surface area (Å²) in [7, 11) is 1.35. The summed E-state index contributed by atoms with van der Waals surface area (Å²) in [6, 6.07) is 53.5. The van der Waals surface area contributed by atoms with Gasteiger partial charge in [-0.1, -0.05) is 184 Å². The molecule has 11 nitrogen and oxygen atoms in total. The van der Waals surface area contributed by atoms with Crippen molar-refractivity contribution in [1.29, 1.82) is 0 Å². The molecule has 2 fully saturated rings. The Balaban J connectivity index is 0.000000187. The predicted octanol–water partition coefficient (Wildman–Crippen LogP) is 13.5. The third kappa shape index (κ3) is 20.2. The molecule has 414 valence electrons. The number of carboxylic acid groups (broad SMARTS) is 1. The molecule has 0 heterocycles. The van der Waals surface area contributed by atoms with Gasteiger partial charge in [-0.2, -0.15) is 0 Å². The van der Waals surface area contributed by atoms with Crippen LogP contribution in [0.2, 0.25) is 0 Å². The molecule has 0 aromatic heterocycles. The highest BCUT2D eigenvalue weighted by Crippen LogP contribution is 2.28. The fourth-order valence-corrected chi connectivity index (χ4v) is 10.3. The van der Waals surface area contributed by atoms with Crippen molar-refractivity contribution in [3.8, 4) is 11.5 Å². The highest BCUT2D eigenvalue weighted by molar-refractivity contribution is 6.09. The number of nitrogens with one attached hydrogen (secondary N) is 3. The van der Waals surface area contributed by atoms with Crippen LogP contribution in [0.3, 0.4) is 0 Å². The summed E-state index contributed by atoms with van der Waals surface area (Å²) in [6.45, 7) is 2.73. The number of methoxy groups -OCH3 is 1. The van der Waals surface area contributed by atoms with Gasteiger partial charge in [-0.15, -0.1) is 0 Å². The minimum atomic E-state index is -0.936. The molecule has 2 atom stereocenters. The largest absolute Gasteiger partial charge is 0.489 e. The summed E-state index contributed by atoms with van der Waals surface area (Å²) in [6.07, 6.45) is 20.0. The average Bonchev–Trinajstić information content (AvgIpc) is 3.50. The zero-order valence-electron chi connectivity index (χ0n) is 46.1. The molecule has 2 unspecified atom stereocenters. The van der Waals surface area contributed by atoms with Crippen molar-refractivity contribution in [3.05, 3.63) is 226 Å². The van der Waals surface area contributed by atoms with E-state index in [1.54, 1.807) is 31.2 Å². The van der Waals surface area contributed by atoms with Crippen LogP contribution in [0.5, 0.6) is 11.5 Å². The molecule has 0 radical (unpaired) electrons. The number of hydrogen-bond acceptors (Lipinski definition) is 10. The summed E-state index contributed by atoms with van der Waals surface area (Å²) in [5.74, 6) is 0.0113. The first kappa shape index (κ1) is 58.9. The molecule has 0 spiro atoms. The van der Waals surface area contributed by atoms with Gasteiger partial charge in [0.2, 0.25) is 0 Å². The Labute approximate surface area is 467 Å². The Hall–Kier alpha value is -7.76. The molecule has 2 saturated carbocycles. The molecule has 0 amide bonds. The zero-order valence-corrected chi connectivity index (χ0v) is 46.1. The molecule has 6 aromatic rings. The minimum absolute atomic E-state index is 0.0214. The molecule has 3 aliphatic rings. The van der Waals surface area contributed by atoms with Crippen LogP contribution < -0.4 is 25.4 Å². The van der Waals surface area contributed by atoms with E-state index >= 15 is 0 Å². The van der Waals surface area contributed by atoms with E-state index in [0.29, 0.717) is 61.3 Å². The number of hydrogen-bond donors (Lipinski definition) is 4. The highest BCUT2D eigenvalue weighted by atomic mass is 16.5. The third-order valence-corrected chi connectivity index (χ3v) is 14.6. The number of esters is 1. The number of ether oxygens (including phenoxy) is 3. The van der Waals surface area contributed by atoms with E-state index in [4.69, 9.17) is 14.2 Å². The lowest BCUT2D eigenvalue weighted by atomic mass is 9.90. The van der Waals surface area contributed by atoms with Crippen LogP contribution in [0.4, 0.5) is 0 Å². The molecule has 3 aliphatic carbocycles. The third-order valence-electron chi connectivity index (χ3n) is 14.6. The van der Waals surface area contributed by atoms with Gasteiger partial charge >= 0.3 is 11.9 Å². The zero-order chi connectivity index (χ0) is 55.4. The van der Waals surface area contributed by atoms with Crippen molar-refractivity contribution < 1.29 is 38.5 Å². The number of carboxylic acids is 1. The monoisotopic (exact) mass is 1070 g/mol. The number of carbonyl (C=O) groups is 4. The summed E-state index contributed by atoms with van der Waals surface area (Å²) in [5.41, 5.74) is 7.30. The summed E-state index contributed by atoms with van der Waals surface area (Å²) in [4.78, 5) is 49.8. The van der Waals surface area contributed by atoms with E-state index in [0.717, 1.165) is 64.4 Å². The summed E-state index contributed by atoms with van der Waals surface area (Å²) in [5, 5.41) is 20.0. The SMILES string of the molecule is C1CCC(NC2CCCCC2)CC1.COC(=O)C(Cc1ccc(OCc2ccccc2)cc1)N/C(C)=C\C(=O)c1ccccc1.O=C(C1=C(NC(Cc2ccc(OCc3ccccc3)cc2)C(=O)O)CCCC1)c1ccccc1. The van der Waals surface area contributed by atoms with Crippen LogP contribution in [0, 0.1) is 0 Å². The maximum absolute atomic E-state index is 13.1. The number of rotatable bonds is 22. The number of Topliss-reactive ketones (excluding diaryl/α,β-unsaturated/α-hetero) is 1. The van der Waals surface area contributed by atoms with Gasteiger partial charge < -0.3 is 35.3 Å². The molecule has 9 rings (SSSR count). The normalized spacial score (nSPS) is 15.6. The van der Waals surface area contributed by atoms with Crippen LogP contribution in [0.25, 0.3) is 0 Å². The molecule has 6 aromatic carbocycles. The van der Waals surface area contributed by atoms with E-state index in [-0.39, 0.29) is 11.6 Å². The maximum Gasteiger partial charge on any atom is 0.328 e. The lowest BCUT2D eigenvalue weighted by Crippen LogP contribution is -2.40. The van der Waals surface area contributed by atoms with E-state index < -0.39 is 24.0 Å². The van der Waals surface area contributed by atoms with E-state index in [2.05, 4.69) is 16.0 Å². The molecule has 79 heavy (non-hydrogen) atoms. The Morgan fingerprint density at radius 2 is 0.975 bits per heavy atom. The number of carbonyl (C=O) groups excluding carboxylic acids is 3. The van der Waals surface area contributed by atoms with E-state index in [9.17, 15) is 24.3 Å². The minimum Gasteiger partial charge on any atom is -0.489 e. The van der Waals surface area contributed by atoms with Crippen LogP contribution in [-0.2, 0) is 40.4 Å². The number of ketones is 2. The first-order valence-corrected chi connectivity index (χ1v) is 28.3. The van der Waals surface area contributed by atoms with Crippen LogP contribution >= 0.6 is 0 Å². The average molecular weight is 1070 g/mol. The van der Waals surface area contributed by atoms with Gasteiger partial charge in [0, 0.05) is 59.1 Å².